The smallest absolute Gasteiger partial charge is 0.322 e. The Balaban J connectivity index is 1.58. The van der Waals surface area contributed by atoms with Crippen LogP contribution < -0.4 is 10.1 Å². The van der Waals surface area contributed by atoms with Gasteiger partial charge >= 0.3 is 6.03 Å². The molecule has 4 aromatic rings. The molecule has 0 radical (unpaired) electrons. The van der Waals surface area contributed by atoms with Gasteiger partial charge in [-0.1, -0.05) is 78.3 Å². The van der Waals surface area contributed by atoms with Gasteiger partial charge in [-0.3, -0.25) is 4.90 Å². The fourth-order valence-corrected chi connectivity index (χ4v) is 4.54. The zero-order valence-electron chi connectivity index (χ0n) is 21.5. The van der Waals surface area contributed by atoms with E-state index in [1.807, 2.05) is 62.4 Å². The summed E-state index contributed by atoms with van der Waals surface area (Å²) in [6.45, 7) is 6.51. The molecule has 3 aromatic carbocycles. The van der Waals surface area contributed by atoms with Crippen molar-refractivity contribution in [3.8, 4) is 17.1 Å². The third kappa shape index (κ3) is 4.98. The van der Waals surface area contributed by atoms with E-state index < -0.39 is 6.04 Å². The molecule has 0 saturated carbocycles. The second kappa shape index (κ2) is 10.3. The van der Waals surface area contributed by atoms with E-state index in [1.165, 1.54) is 5.56 Å². The first-order valence-corrected chi connectivity index (χ1v) is 12.4. The van der Waals surface area contributed by atoms with Crippen molar-refractivity contribution in [2.24, 2.45) is 0 Å². The van der Waals surface area contributed by atoms with Crippen LogP contribution in [0.15, 0.2) is 83.0 Å². The number of hydrogen-bond acceptors (Lipinski definition) is 5. The van der Waals surface area contributed by atoms with Gasteiger partial charge in [0.05, 0.1) is 25.3 Å². The molecule has 0 saturated heterocycles. The molecule has 2 amide bonds. The van der Waals surface area contributed by atoms with Crippen LogP contribution in [0.4, 0.5) is 4.79 Å². The van der Waals surface area contributed by atoms with Gasteiger partial charge in [0.15, 0.2) is 0 Å². The summed E-state index contributed by atoms with van der Waals surface area (Å²) in [5.74, 6) is 1.57. The quantitative estimate of drug-likeness (QED) is 0.325. The van der Waals surface area contributed by atoms with E-state index >= 15 is 0 Å². The van der Waals surface area contributed by atoms with Gasteiger partial charge < -0.3 is 14.6 Å². The monoisotopic (exact) mass is 494 g/mol. The van der Waals surface area contributed by atoms with Crippen LogP contribution in [0.5, 0.6) is 5.75 Å². The molecular weight excluding hydrogens is 464 g/mol. The van der Waals surface area contributed by atoms with Crippen LogP contribution >= 0.6 is 0 Å². The minimum atomic E-state index is -0.479. The summed E-state index contributed by atoms with van der Waals surface area (Å²) in [7, 11) is 1.62. The predicted octanol–water partition coefficient (Wildman–Crippen LogP) is 6.31. The summed E-state index contributed by atoms with van der Waals surface area (Å²) < 4.78 is 11.2. The summed E-state index contributed by atoms with van der Waals surface area (Å²) in [5, 5.41) is 7.42. The molecule has 2 heterocycles. The standard InChI is InChI=1S/C30H30N4O3/c1-5-21-11-13-22(14-12-21)18-34-20(3)26(27(31-30(34)35)24-7-6-8-25(17-24)36-4)29-32-28(33-37-29)23-15-9-19(2)10-16-23/h6-17,27H,5,18H2,1-4H3,(H,31,35). The lowest BCUT2D eigenvalue weighted by atomic mass is 9.94. The fourth-order valence-electron chi connectivity index (χ4n) is 4.54. The Morgan fingerprint density at radius 1 is 1.00 bits per heavy atom. The van der Waals surface area contributed by atoms with Gasteiger partial charge in [0.25, 0.3) is 5.89 Å². The zero-order chi connectivity index (χ0) is 25.9. The molecule has 1 aromatic heterocycles. The second-order valence-corrected chi connectivity index (χ2v) is 9.20. The van der Waals surface area contributed by atoms with E-state index in [0.717, 1.165) is 39.9 Å². The van der Waals surface area contributed by atoms with E-state index in [9.17, 15) is 4.79 Å². The van der Waals surface area contributed by atoms with Crippen molar-refractivity contribution in [1.82, 2.24) is 20.4 Å². The SMILES string of the molecule is CCc1ccc(CN2C(=O)NC(c3cccc(OC)c3)C(c3nc(-c4ccc(C)cc4)no3)=C2C)cc1. The van der Waals surface area contributed by atoms with Gasteiger partial charge in [-0.2, -0.15) is 4.98 Å². The van der Waals surface area contributed by atoms with Gasteiger partial charge in [-0.15, -0.1) is 0 Å². The summed E-state index contributed by atoms with van der Waals surface area (Å²) >= 11 is 0. The lowest BCUT2D eigenvalue weighted by molar-refractivity contribution is 0.203. The highest BCUT2D eigenvalue weighted by atomic mass is 16.5. The van der Waals surface area contributed by atoms with E-state index in [0.29, 0.717) is 24.0 Å². The van der Waals surface area contributed by atoms with Crippen LogP contribution in [-0.4, -0.2) is 28.2 Å². The van der Waals surface area contributed by atoms with Crippen LogP contribution in [0.25, 0.3) is 17.0 Å². The maximum absolute atomic E-state index is 13.4. The third-order valence-electron chi connectivity index (χ3n) is 6.76. The average molecular weight is 495 g/mol. The topological polar surface area (TPSA) is 80.5 Å². The molecule has 1 aliphatic heterocycles. The van der Waals surface area contributed by atoms with Crippen molar-refractivity contribution in [3.63, 3.8) is 0 Å². The summed E-state index contributed by atoms with van der Waals surface area (Å²) in [4.78, 5) is 19.9. The lowest BCUT2D eigenvalue weighted by Crippen LogP contribution is -2.45. The summed E-state index contributed by atoms with van der Waals surface area (Å²) in [5.41, 5.74) is 6.69. The first kappa shape index (κ1) is 24.3. The Bertz CT molecular complexity index is 1440. The molecule has 1 unspecified atom stereocenters. The number of aryl methyl sites for hydroxylation is 2. The number of nitrogens with one attached hydrogen (secondary N) is 1. The molecular formula is C30H30N4O3. The Labute approximate surface area is 216 Å². The summed E-state index contributed by atoms with van der Waals surface area (Å²) in [6.07, 6.45) is 0.969. The van der Waals surface area contributed by atoms with Crippen molar-refractivity contribution in [2.75, 3.05) is 7.11 Å². The second-order valence-electron chi connectivity index (χ2n) is 9.20. The molecule has 0 fully saturated rings. The number of methoxy groups -OCH3 is 1. The molecule has 7 nitrogen and oxygen atoms in total. The van der Waals surface area contributed by atoms with Crippen molar-refractivity contribution in [2.45, 2.75) is 39.8 Å². The Morgan fingerprint density at radius 2 is 1.73 bits per heavy atom. The molecule has 7 heteroatoms. The number of benzene rings is 3. The van der Waals surface area contributed by atoms with Gasteiger partial charge in [0, 0.05) is 11.3 Å². The van der Waals surface area contributed by atoms with Crippen molar-refractivity contribution < 1.29 is 14.1 Å². The molecule has 188 valence electrons. The molecule has 0 bridgehead atoms. The van der Waals surface area contributed by atoms with E-state index in [4.69, 9.17) is 14.2 Å². The normalized spacial score (nSPS) is 15.6. The highest BCUT2D eigenvalue weighted by molar-refractivity contribution is 5.87. The van der Waals surface area contributed by atoms with Gasteiger partial charge in [-0.25, -0.2) is 4.79 Å². The van der Waals surface area contributed by atoms with Crippen LogP contribution in [0.1, 0.15) is 48.0 Å². The van der Waals surface area contributed by atoms with E-state index in [-0.39, 0.29) is 6.03 Å². The predicted molar refractivity (Wildman–Crippen MR) is 143 cm³/mol. The Hall–Kier alpha value is -4.39. The van der Waals surface area contributed by atoms with Gasteiger partial charge in [0.2, 0.25) is 5.82 Å². The Kier molecular flexibility index (Phi) is 6.77. The zero-order valence-corrected chi connectivity index (χ0v) is 21.5. The minimum absolute atomic E-state index is 0.188. The molecule has 0 aliphatic carbocycles. The average Bonchev–Trinajstić information content (AvgIpc) is 3.41. The van der Waals surface area contributed by atoms with Crippen LogP contribution in [0, 0.1) is 6.92 Å². The maximum atomic E-state index is 13.4. The van der Waals surface area contributed by atoms with Crippen molar-refractivity contribution in [1.29, 1.82) is 0 Å². The third-order valence-corrected chi connectivity index (χ3v) is 6.76. The lowest BCUT2D eigenvalue weighted by Gasteiger charge is -2.35. The van der Waals surface area contributed by atoms with Crippen LogP contribution in [0.2, 0.25) is 0 Å². The fraction of sp³-hybridized carbons (Fsp3) is 0.233. The number of amides is 2. The number of ether oxygens (including phenoxy) is 1. The first-order chi connectivity index (χ1) is 18.0. The number of hydrogen-bond donors (Lipinski definition) is 1. The highest BCUT2D eigenvalue weighted by Crippen LogP contribution is 2.38. The van der Waals surface area contributed by atoms with Gasteiger partial charge in [-0.05, 0) is 49.1 Å². The summed E-state index contributed by atoms with van der Waals surface area (Å²) in [6, 6.07) is 23.3. The highest BCUT2D eigenvalue weighted by Gasteiger charge is 2.36. The van der Waals surface area contributed by atoms with Crippen molar-refractivity contribution in [3.05, 3.63) is 107 Å². The number of carbonyl (C=O) groups is 1. The van der Waals surface area contributed by atoms with Crippen LogP contribution in [-0.2, 0) is 13.0 Å². The molecule has 1 aliphatic rings. The molecule has 37 heavy (non-hydrogen) atoms. The number of nitrogens with zero attached hydrogens (tertiary/aromatic N) is 3. The number of urea groups is 1. The molecule has 5 rings (SSSR count). The molecule has 1 atom stereocenters. The maximum Gasteiger partial charge on any atom is 0.322 e. The molecule has 1 N–H and O–H groups in total. The number of aromatic nitrogens is 2. The number of allylic oxidation sites excluding steroid dienone is 1. The minimum Gasteiger partial charge on any atom is -0.497 e. The Morgan fingerprint density at radius 3 is 2.43 bits per heavy atom. The first-order valence-electron chi connectivity index (χ1n) is 12.4. The van der Waals surface area contributed by atoms with Crippen molar-refractivity contribution >= 4 is 11.6 Å². The van der Waals surface area contributed by atoms with Gasteiger partial charge in [0.1, 0.15) is 5.75 Å². The largest absolute Gasteiger partial charge is 0.497 e. The number of rotatable bonds is 7. The molecule has 0 spiro atoms. The van der Waals surface area contributed by atoms with Crippen LogP contribution in [0.3, 0.4) is 0 Å². The van der Waals surface area contributed by atoms with E-state index in [1.54, 1.807) is 12.0 Å². The number of carbonyl (C=O) groups excluding carboxylic acids is 1. The van der Waals surface area contributed by atoms with E-state index in [2.05, 4.69) is 41.7 Å².